The van der Waals surface area contributed by atoms with E-state index in [0.29, 0.717) is 42.7 Å². The maximum Gasteiger partial charge on any atom is 0.267 e. The number of hydrogen-bond acceptors (Lipinski definition) is 5. The molecule has 2 bridgehead atoms. The number of carbonyl (C=O) groups excluding carboxylic acids is 2. The summed E-state index contributed by atoms with van der Waals surface area (Å²) in [6, 6.07) is 5.06. The van der Waals surface area contributed by atoms with E-state index in [-0.39, 0.29) is 11.8 Å². The van der Waals surface area contributed by atoms with Crippen molar-refractivity contribution < 1.29 is 14.3 Å². The number of nitrogens with zero attached hydrogens (tertiary/aromatic N) is 3. The Hall–Kier alpha value is -1.90. The topological polar surface area (TPSA) is 80.9 Å². The van der Waals surface area contributed by atoms with Crippen molar-refractivity contribution in [3.05, 3.63) is 24.0 Å². The second kappa shape index (κ2) is 8.08. The van der Waals surface area contributed by atoms with Crippen LogP contribution in [0, 0.1) is 5.92 Å². The molecule has 158 valence electrons. The molecule has 1 saturated carbocycles. The van der Waals surface area contributed by atoms with E-state index in [9.17, 15) is 9.59 Å². The van der Waals surface area contributed by atoms with Crippen LogP contribution < -0.4 is 5.32 Å². The standard InChI is InChI=1S/C21H31N5O3/c27-20(3-5-23-21(28)17-2-1-4-22-17)26-12-15-10-18(19(26)11-15)25-13-16(14-25)24-6-8-29-9-7-24/h1-2,4,15-16,18-19,22H,3,5-14H2,(H,23,28). The number of piperidine rings is 1. The molecule has 3 saturated heterocycles. The molecule has 0 radical (unpaired) electrons. The molecule has 1 aromatic heterocycles. The predicted octanol–water partition coefficient (Wildman–Crippen LogP) is 0.140. The highest BCUT2D eigenvalue weighted by molar-refractivity contribution is 5.92. The van der Waals surface area contributed by atoms with E-state index in [0.717, 1.165) is 52.4 Å². The van der Waals surface area contributed by atoms with Crippen LogP contribution in [0.25, 0.3) is 0 Å². The van der Waals surface area contributed by atoms with E-state index >= 15 is 0 Å². The lowest BCUT2D eigenvalue weighted by Gasteiger charge is -2.51. The van der Waals surface area contributed by atoms with Gasteiger partial charge in [0.25, 0.3) is 5.91 Å². The van der Waals surface area contributed by atoms with Gasteiger partial charge >= 0.3 is 0 Å². The van der Waals surface area contributed by atoms with E-state index in [2.05, 4.69) is 25.0 Å². The lowest BCUT2D eigenvalue weighted by Crippen LogP contribution is -2.66. The molecule has 3 aliphatic heterocycles. The Balaban J connectivity index is 1.09. The van der Waals surface area contributed by atoms with Gasteiger partial charge in [-0.15, -0.1) is 0 Å². The van der Waals surface area contributed by atoms with Crippen LogP contribution in [0.2, 0.25) is 0 Å². The number of H-pyrrole nitrogens is 1. The summed E-state index contributed by atoms with van der Waals surface area (Å²) in [5, 5.41) is 2.84. The largest absolute Gasteiger partial charge is 0.379 e. The second-order valence-electron chi connectivity index (χ2n) is 8.86. The van der Waals surface area contributed by atoms with Gasteiger partial charge in [-0.05, 0) is 30.9 Å². The second-order valence-corrected chi connectivity index (χ2v) is 8.86. The van der Waals surface area contributed by atoms with Gasteiger partial charge in [-0.25, -0.2) is 0 Å². The molecule has 29 heavy (non-hydrogen) atoms. The number of ether oxygens (including phenoxy) is 1. The lowest BCUT2D eigenvalue weighted by molar-refractivity contribution is -0.135. The van der Waals surface area contributed by atoms with Crippen LogP contribution >= 0.6 is 0 Å². The Bertz CT molecular complexity index is 727. The molecule has 4 aliphatic rings. The fraction of sp³-hybridized carbons (Fsp3) is 0.714. The summed E-state index contributed by atoms with van der Waals surface area (Å²) in [6.45, 7) is 7.34. The zero-order valence-corrected chi connectivity index (χ0v) is 16.9. The van der Waals surface area contributed by atoms with Crippen LogP contribution in [0.3, 0.4) is 0 Å². The molecule has 4 heterocycles. The maximum absolute atomic E-state index is 12.8. The van der Waals surface area contributed by atoms with E-state index < -0.39 is 0 Å². The number of morpholine rings is 1. The van der Waals surface area contributed by atoms with Crippen molar-refractivity contribution in [1.82, 2.24) is 25.0 Å². The van der Waals surface area contributed by atoms with Crippen molar-refractivity contribution in [2.45, 2.75) is 37.4 Å². The van der Waals surface area contributed by atoms with Gasteiger partial charge in [0.2, 0.25) is 5.91 Å². The Morgan fingerprint density at radius 3 is 2.62 bits per heavy atom. The van der Waals surface area contributed by atoms with Gasteiger partial charge in [-0.1, -0.05) is 0 Å². The van der Waals surface area contributed by atoms with Gasteiger partial charge in [-0.3, -0.25) is 19.4 Å². The SMILES string of the molecule is O=C(NCCC(=O)N1CC2CC(N3CC(N4CCOCC4)C3)C1C2)c1ccc[nH]1. The molecule has 3 unspecified atom stereocenters. The number of amides is 2. The zero-order valence-electron chi connectivity index (χ0n) is 16.9. The molecule has 5 rings (SSSR count). The predicted molar refractivity (Wildman–Crippen MR) is 108 cm³/mol. The molecular weight excluding hydrogens is 370 g/mol. The Morgan fingerprint density at radius 1 is 1.10 bits per heavy atom. The van der Waals surface area contributed by atoms with Crippen molar-refractivity contribution in [1.29, 1.82) is 0 Å². The van der Waals surface area contributed by atoms with Crippen molar-refractivity contribution >= 4 is 11.8 Å². The summed E-state index contributed by atoms with van der Waals surface area (Å²) >= 11 is 0. The Morgan fingerprint density at radius 2 is 1.90 bits per heavy atom. The van der Waals surface area contributed by atoms with Crippen molar-refractivity contribution in [3.8, 4) is 0 Å². The van der Waals surface area contributed by atoms with Crippen LogP contribution in [0.4, 0.5) is 0 Å². The fourth-order valence-electron chi connectivity index (χ4n) is 5.60. The van der Waals surface area contributed by atoms with Gasteiger partial charge < -0.3 is 19.9 Å². The van der Waals surface area contributed by atoms with Crippen LogP contribution in [0.5, 0.6) is 0 Å². The summed E-state index contributed by atoms with van der Waals surface area (Å²) in [7, 11) is 0. The molecule has 2 N–H and O–H groups in total. The Kier molecular flexibility index (Phi) is 5.32. The van der Waals surface area contributed by atoms with Crippen LogP contribution in [0.15, 0.2) is 18.3 Å². The molecule has 4 fully saturated rings. The summed E-state index contributed by atoms with van der Waals surface area (Å²) in [4.78, 5) is 35.0. The minimum Gasteiger partial charge on any atom is -0.379 e. The van der Waals surface area contributed by atoms with Gasteiger partial charge in [0.05, 0.1) is 13.2 Å². The first-order valence-electron chi connectivity index (χ1n) is 11.0. The number of likely N-dealkylation sites (tertiary alicyclic amines) is 2. The summed E-state index contributed by atoms with van der Waals surface area (Å²) in [5.74, 6) is 0.669. The summed E-state index contributed by atoms with van der Waals surface area (Å²) in [5.41, 5.74) is 0.533. The van der Waals surface area contributed by atoms with Crippen molar-refractivity contribution in [3.63, 3.8) is 0 Å². The third-order valence-corrected chi connectivity index (χ3v) is 7.16. The number of nitrogens with one attached hydrogen (secondary N) is 2. The van der Waals surface area contributed by atoms with Crippen LogP contribution in [-0.2, 0) is 9.53 Å². The summed E-state index contributed by atoms with van der Waals surface area (Å²) in [6.07, 6.45) is 4.47. The van der Waals surface area contributed by atoms with E-state index in [1.54, 1.807) is 18.3 Å². The maximum atomic E-state index is 12.8. The smallest absolute Gasteiger partial charge is 0.267 e. The molecule has 2 amide bonds. The van der Waals surface area contributed by atoms with Crippen molar-refractivity contribution in [2.75, 3.05) is 52.5 Å². The Labute approximate surface area is 171 Å². The van der Waals surface area contributed by atoms with E-state index in [1.807, 2.05) is 0 Å². The molecule has 1 aliphatic carbocycles. The summed E-state index contributed by atoms with van der Waals surface area (Å²) < 4.78 is 5.47. The zero-order chi connectivity index (χ0) is 19.8. The van der Waals surface area contributed by atoms with E-state index in [1.165, 1.54) is 6.42 Å². The number of aromatic amines is 1. The van der Waals surface area contributed by atoms with Crippen LogP contribution in [-0.4, -0.2) is 102 Å². The van der Waals surface area contributed by atoms with Crippen LogP contribution in [0.1, 0.15) is 29.8 Å². The highest BCUT2D eigenvalue weighted by Gasteiger charge is 2.51. The minimum atomic E-state index is -0.154. The first-order chi connectivity index (χ1) is 14.2. The number of carbonyl (C=O) groups is 2. The third-order valence-electron chi connectivity index (χ3n) is 7.16. The first kappa shape index (κ1) is 19.1. The highest BCUT2D eigenvalue weighted by Crippen LogP contribution is 2.42. The molecule has 0 aromatic carbocycles. The van der Waals surface area contributed by atoms with Gasteiger partial charge in [0.15, 0.2) is 0 Å². The monoisotopic (exact) mass is 401 g/mol. The molecule has 1 aromatic rings. The van der Waals surface area contributed by atoms with E-state index in [4.69, 9.17) is 4.74 Å². The van der Waals surface area contributed by atoms with Gasteiger partial charge in [0.1, 0.15) is 5.69 Å². The quantitative estimate of drug-likeness (QED) is 0.709. The lowest BCUT2D eigenvalue weighted by atomic mass is 9.97. The average molecular weight is 402 g/mol. The normalized spacial score (nSPS) is 30.5. The number of hydrogen-bond donors (Lipinski definition) is 2. The van der Waals surface area contributed by atoms with Gasteiger partial charge in [-0.2, -0.15) is 0 Å². The van der Waals surface area contributed by atoms with Gasteiger partial charge in [0, 0.05) is 70.0 Å². The third kappa shape index (κ3) is 3.81. The minimum absolute atomic E-state index is 0.154. The molecule has 0 spiro atoms. The first-order valence-corrected chi connectivity index (χ1v) is 11.0. The number of rotatable bonds is 6. The molecule has 8 nitrogen and oxygen atoms in total. The fourth-order valence-corrected chi connectivity index (χ4v) is 5.60. The molecular formula is C21H31N5O3. The average Bonchev–Trinajstić information content (AvgIpc) is 3.45. The van der Waals surface area contributed by atoms with Crippen molar-refractivity contribution in [2.24, 2.45) is 5.92 Å². The molecule has 8 heteroatoms. The number of fused-ring (bicyclic) bond motifs is 2. The molecule has 3 atom stereocenters. The highest BCUT2D eigenvalue weighted by atomic mass is 16.5. The number of aromatic nitrogens is 1.